The average molecular weight is 209 g/mol. The number of hydrogen-bond acceptors (Lipinski definition) is 4. The Hall–Kier alpha value is -2.36. The molecule has 0 fully saturated rings. The van der Waals surface area contributed by atoms with Crippen LogP contribution in [-0.2, 0) is 0 Å². The van der Waals surface area contributed by atoms with Crippen LogP contribution in [0.25, 0.3) is 21.8 Å². The summed E-state index contributed by atoms with van der Waals surface area (Å²) in [6, 6.07) is 9.37. The molecule has 0 aliphatic rings. The quantitative estimate of drug-likeness (QED) is 0.563. The van der Waals surface area contributed by atoms with Crippen molar-refractivity contribution in [1.82, 2.24) is 15.0 Å². The van der Waals surface area contributed by atoms with E-state index in [1.807, 2.05) is 30.3 Å². The predicted octanol–water partition coefficient (Wildman–Crippen LogP) is 1.54. The van der Waals surface area contributed by atoms with Crippen LogP contribution in [0.15, 0.2) is 47.5 Å². The summed E-state index contributed by atoms with van der Waals surface area (Å²) in [5, 5.41) is 1.71. The van der Waals surface area contributed by atoms with Crippen molar-refractivity contribution in [3.63, 3.8) is 0 Å². The zero-order valence-corrected chi connectivity index (χ0v) is 8.29. The number of rotatable bonds is 0. The van der Waals surface area contributed by atoms with Gasteiger partial charge in [-0.2, -0.15) is 9.97 Å². The van der Waals surface area contributed by atoms with Crippen LogP contribution in [0.1, 0.15) is 0 Å². The predicted molar refractivity (Wildman–Crippen MR) is 61.1 cm³/mol. The maximum absolute atomic E-state index is 11.2. The normalized spacial score (nSPS) is 10.8. The lowest BCUT2D eigenvalue weighted by Crippen LogP contribution is -2.08. The molecule has 0 N–H and O–H groups in total. The van der Waals surface area contributed by atoms with Gasteiger partial charge in [-0.05, 0) is 18.2 Å². The minimum atomic E-state index is -0.466. The summed E-state index contributed by atoms with van der Waals surface area (Å²) in [5.41, 5.74) is 1.00. The van der Waals surface area contributed by atoms with Crippen molar-refractivity contribution in [2.75, 3.05) is 0 Å². The van der Waals surface area contributed by atoms with Crippen LogP contribution in [-0.4, -0.2) is 15.0 Å². The summed E-state index contributed by atoms with van der Waals surface area (Å²) in [5.74, 6) is 0. The highest BCUT2D eigenvalue weighted by Gasteiger charge is 2.02. The molecule has 0 atom stereocenters. The molecule has 16 heavy (non-hydrogen) atoms. The van der Waals surface area contributed by atoms with Crippen molar-refractivity contribution >= 4 is 21.8 Å². The van der Waals surface area contributed by atoms with Gasteiger partial charge < -0.3 is 0 Å². The molecule has 3 rings (SSSR count). The van der Waals surface area contributed by atoms with Gasteiger partial charge in [0.25, 0.3) is 0 Å². The van der Waals surface area contributed by atoms with Crippen LogP contribution in [0.3, 0.4) is 0 Å². The van der Waals surface area contributed by atoms with Crippen LogP contribution < -0.4 is 5.69 Å². The van der Waals surface area contributed by atoms with Gasteiger partial charge in [0, 0.05) is 23.2 Å². The summed E-state index contributed by atoms with van der Waals surface area (Å²) < 4.78 is 0. The van der Waals surface area contributed by atoms with Gasteiger partial charge in [-0.25, -0.2) is 4.79 Å². The summed E-state index contributed by atoms with van der Waals surface area (Å²) >= 11 is 0. The van der Waals surface area contributed by atoms with Gasteiger partial charge >= 0.3 is 5.69 Å². The molecule has 0 spiro atoms. The molecule has 0 aliphatic heterocycles. The van der Waals surface area contributed by atoms with Crippen molar-refractivity contribution in [3.05, 3.63) is 53.2 Å². The SMILES string of the molecule is O=c1ncc2ccc3nccccc3c2n1. The van der Waals surface area contributed by atoms with E-state index in [2.05, 4.69) is 15.0 Å². The number of benzene rings is 1. The first-order valence-corrected chi connectivity index (χ1v) is 4.85. The molecule has 0 amide bonds. The highest BCUT2D eigenvalue weighted by Crippen LogP contribution is 2.19. The summed E-state index contributed by atoms with van der Waals surface area (Å²) in [7, 11) is 0. The molecule has 4 heteroatoms. The Bertz CT molecular complexity index is 740. The molecule has 2 aromatic heterocycles. The van der Waals surface area contributed by atoms with Crippen LogP contribution in [0, 0.1) is 0 Å². The van der Waals surface area contributed by atoms with E-state index in [1.165, 1.54) is 6.20 Å². The molecule has 0 aliphatic carbocycles. The second kappa shape index (κ2) is 3.34. The van der Waals surface area contributed by atoms with Crippen molar-refractivity contribution < 1.29 is 0 Å². The van der Waals surface area contributed by atoms with E-state index in [1.54, 1.807) is 6.20 Å². The molecule has 0 saturated carbocycles. The van der Waals surface area contributed by atoms with Crippen molar-refractivity contribution in [2.24, 2.45) is 0 Å². The summed E-state index contributed by atoms with van der Waals surface area (Å²) in [6.07, 6.45) is 3.25. The Labute approximate surface area is 90.6 Å². The molecular weight excluding hydrogens is 202 g/mol. The summed E-state index contributed by atoms with van der Waals surface area (Å²) in [6.45, 7) is 0. The fourth-order valence-electron chi connectivity index (χ4n) is 1.69. The van der Waals surface area contributed by atoms with E-state index in [-0.39, 0.29) is 0 Å². The highest BCUT2D eigenvalue weighted by atomic mass is 16.1. The lowest BCUT2D eigenvalue weighted by Gasteiger charge is -1.97. The monoisotopic (exact) mass is 209 g/mol. The Morgan fingerprint density at radius 2 is 1.94 bits per heavy atom. The van der Waals surface area contributed by atoms with Crippen LogP contribution >= 0.6 is 0 Å². The minimum absolute atomic E-state index is 0.466. The third-order valence-corrected chi connectivity index (χ3v) is 2.42. The molecule has 0 bridgehead atoms. The summed E-state index contributed by atoms with van der Waals surface area (Å²) in [4.78, 5) is 23.0. The Balaban J connectivity index is 2.63. The maximum atomic E-state index is 11.2. The van der Waals surface area contributed by atoms with E-state index in [0.29, 0.717) is 5.52 Å². The zero-order valence-electron chi connectivity index (χ0n) is 8.29. The van der Waals surface area contributed by atoms with Crippen LogP contribution in [0.2, 0.25) is 0 Å². The third-order valence-electron chi connectivity index (χ3n) is 2.42. The minimum Gasteiger partial charge on any atom is -0.256 e. The highest BCUT2D eigenvalue weighted by molar-refractivity contribution is 6.02. The lowest BCUT2D eigenvalue weighted by molar-refractivity contribution is 1.12. The number of aromatic nitrogens is 3. The molecule has 0 saturated heterocycles. The molecule has 76 valence electrons. The molecule has 0 radical (unpaired) electrons. The van der Waals surface area contributed by atoms with E-state index >= 15 is 0 Å². The van der Waals surface area contributed by atoms with Gasteiger partial charge in [0.2, 0.25) is 0 Å². The van der Waals surface area contributed by atoms with E-state index in [4.69, 9.17) is 0 Å². The first kappa shape index (κ1) is 8.91. The van der Waals surface area contributed by atoms with Gasteiger partial charge in [0.1, 0.15) is 0 Å². The fraction of sp³-hybridized carbons (Fsp3) is 0. The van der Waals surface area contributed by atoms with E-state index in [9.17, 15) is 4.79 Å². The van der Waals surface area contributed by atoms with Gasteiger partial charge in [-0.15, -0.1) is 0 Å². The number of fused-ring (bicyclic) bond motifs is 3. The van der Waals surface area contributed by atoms with Crippen LogP contribution in [0.4, 0.5) is 0 Å². The first-order valence-electron chi connectivity index (χ1n) is 4.85. The second-order valence-corrected chi connectivity index (χ2v) is 3.42. The van der Waals surface area contributed by atoms with E-state index in [0.717, 1.165) is 16.3 Å². The van der Waals surface area contributed by atoms with E-state index < -0.39 is 5.69 Å². The van der Waals surface area contributed by atoms with Gasteiger partial charge in [-0.1, -0.05) is 12.1 Å². The number of hydrogen-bond donors (Lipinski definition) is 0. The molecule has 2 heterocycles. The smallest absolute Gasteiger partial charge is 0.256 e. The van der Waals surface area contributed by atoms with Crippen molar-refractivity contribution in [1.29, 1.82) is 0 Å². The molecule has 3 aromatic rings. The molecule has 0 unspecified atom stereocenters. The Morgan fingerprint density at radius 1 is 1.00 bits per heavy atom. The van der Waals surface area contributed by atoms with Gasteiger partial charge in [-0.3, -0.25) is 4.98 Å². The second-order valence-electron chi connectivity index (χ2n) is 3.42. The lowest BCUT2D eigenvalue weighted by atomic mass is 10.1. The fourth-order valence-corrected chi connectivity index (χ4v) is 1.69. The molecular formula is C12H7N3O. The van der Waals surface area contributed by atoms with Gasteiger partial charge in [0.05, 0.1) is 11.0 Å². The van der Waals surface area contributed by atoms with Crippen molar-refractivity contribution in [2.45, 2.75) is 0 Å². The molecule has 1 aromatic carbocycles. The van der Waals surface area contributed by atoms with Crippen molar-refractivity contribution in [3.8, 4) is 0 Å². The van der Waals surface area contributed by atoms with Gasteiger partial charge in [0.15, 0.2) is 0 Å². The third kappa shape index (κ3) is 1.32. The number of nitrogens with zero attached hydrogens (tertiary/aromatic N) is 3. The zero-order chi connectivity index (χ0) is 11.0. The topological polar surface area (TPSA) is 55.7 Å². The maximum Gasteiger partial charge on any atom is 0.367 e. The van der Waals surface area contributed by atoms with Crippen LogP contribution in [0.5, 0.6) is 0 Å². The first-order chi connectivity index (χ1) is 7.84. The average Bonchev–Trinajstić information content (AvgIpc) is 2.54. The molecule has 4 nitrogen and oxygen atoms in total. The Morgan fingerprint density at radius 3 is 2.88 bits per heavy atom. The largest absolute Gasteiger partial charge is 0.367 e. The standard InChI is InChI=1S/C12H7N3O/c16-12-14-7-8-4-5-10-9(11(8)15-12)3-1-2-6-13-10/h1-7H. The Kier molecular flexibility index (Phi) is 1.86.